The van der Waals surface area contributed by atoms with Gasteiger partial charge >= 0.3 is 5.97 Å². The van der Waals surface area contributed by atoms with E-state index in [0.29, 0.717) is 17.4 Å². The second-order valence-electron chi connectivity index (χ2n) is 5.69. The van der Waals surface area contributed by atoms with Crippen LogP contribution < -0.4 is 10.2 Å². The molecule has 134 valence electrons. The fourth-order valence-corrected chi connectivity index (χ4v) is 2.76. The topological polar surface area (TPSA) is 72.8 Å². The molecule has 2 aromatic rings. The number of nitrogens with one attached hydrogen (secondary N) is 1. The van der Waals surface area contributed by atoms with Crippen molar-refractivity contribution in [2.24, 2.45) is 5.10 Å². The van der Waals surface area contributed by atoms with Crippen LogP contribution in [0.3, 0.4) is 0 Å². The summed E-state index contributed by atoms with van der Waals surface area (Å²) in [6.07, 6.45) is 2.04. The minimum atomic E-state index is -0.276. The molecule has 0 spiro atoms. The van der Waals surface area contributed by atoms with Crippen LogP contribution in [0.1, 0.15) is 37.6 Å². The Kier molecular flexibility index (Phi) is 6.94. The molecule has 0 aliphatic heterocycles. The number of rotatable bonds is 8. The second kappa shape index (κ2) is 9.17. The molecule has 25 heavy (non-hydrogen) atoms. The standard InChI is InChI=1S/C18H23N3O3S/c1-5-23-17(22)9-15-11-25-18(20-15)21-19-10-14-6-7-16(13(4)8-14)24-12(2)3/h6-8,10-12H,5,9H2,1-4H3,(H,20,21). The smallest absolute Gasteiger partial charge is 0.311 e. The van der Waals surface area contributed by atoms with Crippen LogP contribution in [-0.4, -0.2) is 29.9 Å². The number of hydrogen-bond acceptors (Lipinski definition) is 7. The number of hydrogen-bond donors (Lipinski definition) is 1. The molecule has 6 nitrogen and oxygen atoms in total. The predicted molar refractivity (Wildman–Crippen MR) is 101 cm³/mol. The third-order valence-electron chi connectivity index (χ3n) is 3.12. The van der Waals surface area contributed by atoms with Gasteiger partial charge in [-0.15, -0.1) is 11.3 Å². The van der Waals surface area contributed by atoms with Crippen molar-refractivity contribution in [3.63, 3.8) is 0 Å². The van der Waals surface area contributed by atoms with Gasteiger partial charge in [-0.3, -0.25) is 10.2 Å². The van der Waals surface area contributed by atoms with Crippen molar-refractivity contribution in [1.82, 2.24) is 4.98 Å². The minimum Gasteiger partial charge on any atom is -0.491 e. The lowest BCUT2D eigenvalue weighted by Gasteiger charge is -2.12. The number of aryl methyl sites for hydroxylation is 1. The zero-order valence-electron chi connectivity index (χ0n) is 14.9. The molecular weight excluding hydrogens is 338 g/mol. The number of aromatic nitrogens is 1. The number of carbonyl (C=O) groups is 1. The Morgan fingerprint density at radius 2 is 2.24 bits per heavy atom. The third-order valence-corrected chi connectivity index (χ3v) is 3.91. The zero-order valence-corrected chi connectivity index (χ0v) is 15.7. The van der Waals surface area contributed by atoms with Crippen LogP contribution in [-0.2, 0) is 16.0 Å². The lowest BCUT2D eigenvalue weighted by Crippen LogP contribution is -2.07. The van der Waals surface area contributed by atoms with Crippen LogP contribution in [0, 0.1) is 6.92 Å². The molecule has 0 saturated heterocycles. The first-order valence-electron chi connectivity index (χ1n) is 8.14. The van der Waals surface area contributed by atoms with Crippen LogP contribution in [0.15, 0.2) is 28.7 Å². The summed E-state index contributed by atoms with van der Waals surface area (Å²) in [5, 5.41) is 6.64. The van der Waals surface area contributed by atoms with Gasteiger partial charge in [0.1, 0.15) is 5.75 Å². The van der Waals surface area contributed by atoms with Gasteiger partial charge in [-0.2, -0.15) is 5.10 Å². The van der Waals surface area contributed by atoms with Gasteiger partial charge in [-0.1, -0.05) is 0 Å². The van der Waals surface area contributed by atoms with Crippen LogP contribution >= 0.6 is 11.3 Å². The highest BCUT2D eigenvalue weighted by molar-refractivity contribution is 7.13. The molecule has 7 heteroatoms. The summed E-state index contributed by atoms with van der Waals surface area (Å²) < 4.78 is 10.6. The first-order valence-corrected chi connectivity index (χ1v) is 9.02. The molecule has 0 fully saturated rings. The van der Waals surface area contributed by atoms with E-state index in [4.69, 9.17) is 9.47 Å². The van der Waals surface area contributed by atoms with Gasteiger partial charge in [0.05, 0.1) is 31.0 Å². The van der Waals surface area contributed by atoms with Gasteiger partial charge in [0.2, 0.25) is 5.13 Å². The van der Waals surface area contributed by atoms with Crippen molar-refractivity contribution < 1.29 is 14.3 Å². The summed E-state index contributed by atoms with van der Waals surface area (Å²) >= 11 is 1.39. The van der Waals surface area contributed by atoms with E-state index in [-0.39, 0.29) is 18.5 Å². The van der Waals surface area contributed by atoms with Crippen molar-refractivity contribution in [2.45, 2.75) is 40.2 Å². The highest BCUT2D eigenvalue weighted by Gasteiger charge is 2.08. The molecular formula is C18H23N3O3S. The number of ether oxygens (including phenoxy) is 2. The van der Waals surface area contributed by atoms with Crippen LogP contribution in [0.5, 0.6) is 5.75 Å². The molecule has 0 bridgehead atoms. The van der Waals surface area contributed by atoms with Gasteiger partial charge in [0.25, 0.3) is 0 Å². The summed E-state index contributed by atoms with van der Waals surface area (Å²) in [5.74, 6) is 0.602. The average molecular weight is 361 g/mol. The Bertz CT molecular complexity index is 741. The molecule has 1 N–H and O–H groups in total. The average Bonchev–Trinajstić information content (AvgIpc) is 2.97. The molecule has 0 amide bonds. The minimum absolute atomic E-state index is 0.147. The van der Waals surface area contributed by atoms with Crippen LogP contribution in [0.25, 0.3) is 0 Å². The number of benzene rings is 1. The van der Waals surface area contributed by atoms with Crippen LogP contribution in [0.2, 0.25) is 0 Å². The van der Waals surface area contributed by atoms with E-state index in [1.165, 1.54) is 11.3 Å². The molecule has 1 heterocycles. The van der Waals surface area contributed by atoms with Gasteiger partial charge in [-0.05, 0) is 57.0 Å². The molecule has 1 aromatic carbocycles. The van der Waals surface area contributed by atoms with Crippen molar-refractivity contribution >= 4 is 28.7 Å². The van der Waals surface area contributed by atoms with Gasteiger partial charge in [0, 0.05) is 5.38 Å². The molecule has 1 aromatic heterocycles. The number of nitrogens with zero attached hydrogens (tertiary/aromatic N) is 2. The van der Waals surface area contributed by atoms with Gasteiger partial charge < -0.3 is 9.47 Å². The number of anilines is 1. The van der Waals surface area contributed by atoms with Gasteiger partial charge in [0.15, 0.2) is 0 Å². The Balaban J connectivity index is 1.91. The third kappa shape index (κ3) is 6.19. The van der Waals surface area contributed by atoms with E-state index in [1.807, 2.05) is 44.4 Å². The number of hydrazone groups is 1. The highest BCUT2D eigenvalue weighted by atomic mass is 32.1. The fraction of sp³-hybridized carbons (Fsp3) is 0.389. The van der Waals surface area contributed by atoms with Crippen molar-refractivity contribution in [2.75, 3.05) is 12.0 Å². The zero-order chi connectivity index (χ0) is 18.2. The van der Waals surface area contributed by atoms with Crippen LogP contribution in [0.4, 0.5) is 5.13 Å². The maximum Gasteiger partial charge on any atom is 0.311 e. The van der Waals surface area contributed by atoms with Gasteiger partial charge in [-0.25, -0.2) is 4.98 Å². The molecule has 0 unspecified atom stereocenters. The molecule has 0 aliphatic carbocycles. The molecule has 0 aliphatic rings. The summed E-state index contributed by atoms with van der Waals surface area (Å²) in [7, 11) is 0. The quantitative estimate of drug-likeness (QED) is 0.440. The van der Waals surface area contributed by atoms with Crippen molar-refractivity contribution in [3.05, 3.63) is 40.4 Å². The first kappa shape index (κ1) is 18.9. The lowest BCUT2D eigenvalue weighted by molar-refractivity contribution is -0.142. The van der Waals surface area contributed by atoms with E-state index in [1.54, 1.807) is 13.1 Å². The first-order chi connectivity index (χ1) is 12.0. The lowest BCUT2D eigenvalue weighted by atomic mass is 10.1. The Morgan fingerprint density at radius 3 is 2.92 bits per heavy atom. The van der Waals surface area contributed by atoms with E-state index in [2.05, 4.69) is 15.5 Å². The predicted octanol–water partition coefficient (Wildman–Crippen LogP) is 3.79. The molecule has 0 radical (unpaired) electrons. The summed E-state index contributed by atoms with van der Waals surface area (Å²) in [6.45, 7) is 8.17. The maximum atomic E-state index is 11.4. The second-order valence-corrected chi connectivity index (χ2v) is 6.55. The number of esters is 1. The molecule has 0 atom stereocenters. The largest absolute Gasteiger partial charge is 0.491 e. The Morgan fingerprint density at radius 1 is 1.44 bits per heavy atom. The van der Waals surface area contributed by atoms with Crippen molar-refractivity contribution in [1.29, 1.82) is 0 Å². The summed E-state index contributed by atoms with van der Waals surface area (Å²) in [4.78, 5) is 15.7. The monoisotopic (exact) mass is 361 g/mol. The fourth-order valence-electron chi connectivity index (χ4n) is 2.10. The van der Waals surface area contributed by atoms with E-state index in [9.17, 15) is 4.79 Å². The Labute approximate surface area is 151 Å². The summed E-state index contributed by atoms with van der Waals surface area (Å²) in [6, 6.07) is 5.90. The highest BCUT2D eigenvalue weighted by Crippen LogP contribution is 2.20. The molecule has 2 rings (SSSR count). The van der Waals surface area contributed by atoms with E-state index in [0.717, 1.165) is 16.9 Å². The normalized spacial score (nSPS) is 11.1. The number of thiazole rings is 1. The SMILES string of the molecule is CCOC(=O)Cc1csc(NN=Cc2ccc(OC(C)C)c(C)c2)n1. The summed E-state index contributed by atoms with van der Waals surface area (Å²) in [5.41, 5.74) is 5.57. The maximum absolute atomic E-state index is 11.4. The van der Waals surface area contributed by atoms with Crippen molar-refractivity contribution in [3.8, 4) is 5.75 Å². The van der Waals surface area contributed by atoms with E-state index >= 15 is 0 Å². The number of carbonyl (C=O) groups excluding carboxylic acids is 1. The van der Waals surface area contributed by atoms with E-state index < -0.39 is 0 Å². The Hall–Kier alpha value is -2.41. The molecule has 0 saturated carbocycles.